The molecule has 162 valence electrons. The van der Waals surface area contributed by atoms with Gasteiger partial charge in [-0.05, 0) is 56.2 Å². The van der Waals surface area contributed by atoms with Gasteiger partial charge in [0.1, 0.15) is 11.4 Å². The molecule has 1 saturated heterocycles. The second-order valence-corrected chi connectivity index (χ2v) is 8.54. The van der Waals surface area contributed by atoms with Crippen molar-refractivity contribution < 1.29 is 22.7 Å². The van der Waals surface area contributed by atoms with Crippen molar-refractivity contribution in [1.82, 2.24) is 25.4 Å². The Morgan fingerprint density at radius 2 is 1.94 bits per heavy atom. The second-order valence-electron chi connectivity index (χ2n) is 8.54. The summed E-state index contributed by atoms with van der Waals surface area (Å²) < 4.78 is 36.6. The molecule has 1 aliphatic heterocycles. The quantitative estimate of drug-likeness (QED) is 0.627. The average molecular weight is 429 g/mol. The molecule has 5 rings (SSSR count). The third-order valence-corrected chi connectivity index (χ3v) is 6.57. The van der Waals surface area contributed by atoms with E-state index in [1.165, 1.54) is 6.07 Å². The molecule has 2 aliphatic rings. The van der Waals surface area contributed by atoms with Gasteiger partial charge in [-0.2, -0.15) is 4.98 Å². The van der Waals surface area contributed by atoms with Gasteiger partial charge in [0.05, 0.1) is 6.42 Å². The lowest BCUT2D eigenvalue weighted by atomic mass is 9.57. The first-order valence-corrected chi connectivity index (χ1v) is 10.3. The number of hydrogen-bond donors (Lipinski definition) is 0. The molecule has 1 amide bonds. The number of hydrogen-bond acceptors (Lipinski definition) is 7. The third kappa shape index (κ3) is 3.70. The fraction of sp³-hybridized carbons (Fsp3) is 0.476. The summed E-state index contributed by atoms with van der Waals surface area (Å²) in [6.07, 6.45) is 3.89. The predicted molar refractivity (Wildman–Crippen MR) is 103 cm³/mol. The molecule has 1 aliphatic carbocycles. The van der Waals surface area contributed by atoms with Gasteiger partial charge in [0.15, 0.2) is 11.6 Å². The van der Waals surface area contributed by atoms with Gasteiger partial charge in [-0.1, -0.05) is 15.5 Å². The third-order valence-electron chi connectivity index (χ3n) is 6.57. The summed E-state index contributed by atoms with van der Waals surface area (Å²) in [7, 11) is 0. The Morgan fingerprint density at radius 1 is 1.16 bits per heavy atom. The molecule has 10 heteroatoms. The summed E-state index contributed by atoms with van der Waals surface area (Å²) in [5, 5.41) is 11.4. The van der Waals surface area contributed by atoms with E-state index in [0.29, 0.717) is 35.9 Å². The molecule has 31 heavy (non-hydrogen) atoms. The fourth-order valence-corrected chi connectivity index (χ4v) is 4.62. The number of aromatic nitrogens is 4. The molecular formula is C21H21F2N5O3. The summed E-state index contributed by atoms with van der Waals surface area (Å²) >= 11 is 0. The molecule has 3 aromatic rings. The van der Waals surface area contributed by atoms with E-state index in [2.05, 4.69) is 25.1 Å². The van der Waals surface area contributed by atoms with Gasteiger partial charge in [-0.15, -0.1) is 0 Å². The van der Waals surface area contributed by atoms with Crippen LogP contribution in [-0.4, -0.2) is 44.4 Å². The van der Waals surface area contributed by atoms with Crippen molar-refractivity contribution in [1.29, 1.82) is 0 Å². The maximum Gasteiger partial charge on any atom is 0.230 e. The van der Waals surface area contributed by atoms with Gasteiger partial charge < -0.3 is 9.42 Å². The number of benzene rings is 1. The zero-order valence-corrected chi connectivity index (χ0v) is 17.0. The van der Waals surface area contributed by atoms with Crippen molar-refractivity contribution in [2.75, 3.05) is 13.1 Å². The highest BCUT2D eigenvalue weighted by Crippen LogP contribution is 2.56. The van der Waals surface area contributed by atoms with E-state index in [1.807, 2.05) is 4.90 Å². The first-order chi connectivity index (χ1) is 14.9. The van der Waals surface area contributed by atoms with Gasteiger partial charge in [-0.25, -0.2) is 13.4 Å². The summed E-state index contributed by atoms with van der Waals surface area (Å²) in [5.74, 6) is -0.880. The number of rotatable bonds is 4. The van der Waals surface area contributed by atoms with E-state index in [1.54, 1.807) is 6.92 Å². The summed E-state index contributed by atoms with van der Waals surface area (Å²) in [4.78, 5) is 18.8. The summed E-state index contributed by atoms with van der Waals surface area (Å²) in [6, 6.07) is 3.54. The Labute approximate surface area is 176 Å². The van der Waals surface area contributed by atoms with Crippen molar-refractivity contribution >= 4 is 5.91 Å². The van der Waals surface area contributed by atoms with Crippen LogP contribution in [0.1, 0.15) is 48.9 Å². The van der Waals surface area contributed by atoms with Gasteiger partial charge in [0.2, 0.25) is 17.6 Å². The Morgan fingerprint density at radius 3 is 2.61 bits per heavy atom. The van der Waals surface area contributed by atoms with Crippen LogP contribution in [0.2, 0.25) is 0 Å². The number of halogens is 2. The van der Waals surface area contributed by atoms with Gasteiger partial charge >= 0.3 is 0 Å². The zero-order chi connectivity index (χ0) is 21.6. The number of amides is 1. The van der Waals surface area contributed by atoms with Crippen LogP contribution in [-0.2, 0) is 11.2 Å². The highest BCUT2D eigenvalue weighted by Gasteiger charge is 2.48. The van der Waals surface area contributed by atoms with Crippen molar-refractivity contribution in [3.63, 3.8) is 0 Å². The molecule has 2 aromatic heterocycles. The maximum absolute atomic E-state index is 13.5. The van der Waals surface area contributed by atoms with Crippen molar-refractivity contribution in [2.45, 2.75) is 44.9 Å². The summed E-state index contributed by atoms with van der Waals surface area (Å²) in [5.41, 5.74) is 1.80. The Bertz CT molecular complexity index is 1110. The molecule has 0 N–H and O–H groups in total. The van der Waals surface area contributed by atoms with E-state index in [-0.39, 0.29) is 29.5 Å². The van der Waals surface area contributed by atoms with Gasteiger partial charge in [0, 0.05) is 24.6 Å². The Kier molecular flexibility index (Phi) is 4.79. The number of aryl methyl sites for hydroxylation is 1. The molecule has 1 saturated carbocycles. The van der Waals surface area contributed by atoms with E-state index in [4.69, 9.17) is 4.52 Å². The highest BCUT2D eigenvalue weighted by molar-refractivity contribution is 5.78. The topological polar surface area (TPSA) is 98.2 Å². The molecule has 2 fully saturated rings. The van der Waals surface area contributed by atoms with E-state index in [9.17, 15) is 13.6 Å². The first kappa shape index (κ1) is 19.8. The smallest absolute Gasteiger partial charge is 0.230 e. The van der Waals surface area contributed by atoms with Crippen LogP contribution in [0.3, 0.4) is 0 Å². The largest absolute Gasteiger partial charge is 0.342 e. The average Bonchev–Trinajstić information content (AvgIpc) is 3.38. The van der Waals surface area contributed by atoms with Crippen LogP contribution >= 0.6 is 0 Å². The molecule has 1 spiro atoms. The van der Waals surface area contributed by atoms with E-state index in [0.717, 1.165) is 37.8 Å². The SMILES string of the molecule is Cc1nonc1CC(=O)N1CCC2(CC1)CC(c1nc(-c3ccc(F)c(F)c3)no1)C2. The van der Waals surface area contributed by atoms with Crippen LogP contribution in [0.25, 0.3) is 11.4 Å². The second kappa shape index (κ2) is 7.51. The molecule has 0 unspecified atom stereocenters. The minimum atomic E-state index is -0.942. The van der Waals surface area contributed by atoms with Gasteiger partial charge in [-0.3, -0.25) is 4.79 Å². The van der Waals surface area contributed by atoms with Crippen LogP contribution in [0.15, 0.2) is 27.4 Å². The molecule has 0 radical (unpaired) electrons. The first-order valence-electron chi connectivity index (χ1n) is 10.3. The van der Waals surface area contributed by atoms with Crippen molar-refractivity contribution in [3.8, 4) is 11.4 Å². The molecule has 0 atom stereocenters. The number of piperidine rings is 1. The minimum absolute atomic E-state index is 0.0394. The molecule has 0 bridgehead atoms. The number of carbonyl (C=O) groups is 1. The molecule has 1 aromatic carbocycles. The number of carbonyl (C=O) groups excluding carboxylic acids is 1. The minimum Gasteiger partial charge on any atom is -0.342 e. The Hall–Kier alpha value is -3.17. The molecule has 3 heterocycles. The Balaban J connectivity index is 1.16. The van der Waals surface area contributed by atoms with Crippen LogP contribution in [0, 0.1) is 24.0 Å². The molecule has 8 nitrogen and oxygen atoms in total. The van der Waals surface area contributed by atoms with Crippen molar-refractivity contribution in [2.24, 2.45) is 5.41 Å². The van der Waals surface area contributed by atoms with E-state index >= 15 is 0 Å². The number of likely N-dealkylation sites (tertiary alicyclic amines) is 1. The van der Waals surface area contributed by atoms with Crippen LogP contribution in [0.5, 0.6) is 0 Å². The van der Waals surface area contributed by atoms with Crippen LogP contribution < -0.4 is 0 Å². The monoisotopic (exact) mass is 429 g/mol. The van der Waals surface area contributed by atoms with E-state index < -0.39 is 11.6 Å². The standard InChI is InChI=1S/C21H21F2N5O3/c1-12-17(26-31-25-12)9-18(29)28-6-4-21(5-7-28)10-14(11-21)20-24-19(27-30-20)13-2-3-15(22)16(23)8-13/h2-3,8,14H,4-7,9-11H2,1H3. The van der Waals surface area contributed by atoms with Crippen molar-refractivity contribution in [3.05, 3.63) is 47.1 Å². The number of nitrogens with zero attached hydrogens (tertiary/aromatic N) is 5. The lowest BCUT2D eigenvalue weighted by molar-refractivity contribution is -0.134. The zero-order valence-electron chi connectivity index (χ0n) is 17.0. The lowest BCUT2D eigenvalue weighted by Gasteiger charge is -2.51. The van der Waals surface area contributed by atoms with Gasteiger partial charge in [0.25, 0.3) is 0 Å². The van der Waals surface area contributed by atoms with Crippen LogP contribution in [0.4, 0.5) is 8.78 Å². The maximum atomic E-state index is 13.5. The summed E-state index contributed by atoms with van der Waals surface area (Å²) in [6.45, 7) is 3.19. The lowest BCUT2D eigenvalue weighted by Crippen LogP contribution is -2.48. The molecular weight excluding hydrogens is 408 g/mol. The highest BCUT2D eigenvalue weighted by atomic mass is 19.2. The normalized spacial score (nSPS) is 18.4. The predicted octanol–water partition coefficient (Wildman–Crippen LogP) is 3.44. The fourth-order valence-electron chi connectivity index (χ4n) is 4.62.